The van der Waals surface area contributed by atoms with E-state index in [0.717, 1.165) is 5.56 Å². The van der Waals surface area contributed by atoms with E-state index in [0.29, 0.717) is 54.9 Å². The molecule has 10 heteroatoms. The van der Waals surface area contributed by atoms with Crippen LogP contribution in [0.3, 0.4) is 0 Å². The number of nitrogens with zero attached hydrogens (tertiary/aromatic N) is 6. The van der Waals surface area contributed by atoms with E-state index in [4.69, 9.17) is 14.2 Å². The monoisotopic (exact) mass is 454 g/mol. The van der Waals surface area contributed by atoms with Crippen LogP contribution in [0.1, 0.15) is 39.7 Å². The number of carbonyl (C=O) groups excluding carboxylic acids is 1. The van der Waals surface area contributed by atoms with Crippen LogP contribution in [-0.2, 0) is 11.3 Å². The van der Waals surface area contributed by atoms with Gasteiger partial charge in [-0.3, -0.25) is 0 Å². The fourth-order valence-electron chi connectivity index (χ4n) is 3.01. The summed E-state index contributed by atoms with van der Waals surface area (Å²) >= 11 is 0. The second-order valence-electron chi connectivity index (χ2n) is 8.26. The molecule has 0 radical (unpaired) electrons. The predicted molar refractivity (Wildman–Crippen MR) is 123 cm³/mol. The molecule has 33 heavy (non-hydrogen) atoms. The molecule has 3 aromatic rings. The summed E-state index contributed by atoms with van der Waals surface area (Å²) in [5, 5.41) is 4.54. The summed E-state index contributed by atoms with van der Waals surface area (Å²) in [4.78, 5) is 27.4. The summed E-state index contributed by atoms with van der Waals surface area (Å²) in [5.41, 5.74) is 1.28. The van der Waals surface area contributed by atoms with Crippen LogP contribution in [0.4, 0.5) is 4.79 Å². The molecule has 0 aliphatic carbocycles. The van der Waals surface area contributed by atoms with Gasteiger partial charge in [0.2, 0.25) is 11.5 Å². The minimum Gasteiger partial charge on any atom is -0.480 e. The average molecular weight is 455 g/mol. The molecule has 0 N–H and O–H groups in total. The molecule has 0 atom stereocenters. The van der Waals surface area contributed by atoms with E-state index in [-0.39, 0.29) is 0 Å². The number of amides is 1. The Balaban J connectivity index is 1.96. The third kappa shape index (κ3) is 5.97. The van der Waals surface area contributed by atoms with Gasteiger partial charge < -0.3 is 19.1 Å². The van der Waals surface area contributed by atoms with E-state index in [1.165, 1.54) is 7.11 Å². The lowest BCUT2D eigenvalue weighted by Gasteiger charge is -2.26. The van der Waals surface area contributed by atoms with Crippen LogP contribution in [0.15, 0.2) is 37.3 Å². The zero-order valence-corrected chi connectivity index (χ0v) is 19.7. The largest absolute Gasteiger partial charge is 0.480 e. The molecule has 0 aliphatic rings. The van der Waals surface area contributed by atoms with Crippen molar-refractivity contribution in [2.45, 2.75) is 46.3 Å². The van der Waals surface area contributed by atoms with Gasteiger partial charge in [0, 0.05) is 25.1 Å². The van der Waals surface area contributed by atoms with Gasteiger partial charge >= 0.3 is 6.09 Å². The van der Waals surface area contributed by atoms with Crippen molar-refractivity contribution in [3.05, 3.63) is 42.9 Å². The van der Waals surface area contributed by atoms with Gasteiger partial charge in [0.05, 0.1) is 25.8 Å². The van der Waals surface area contributed by atoms with Crippen LogP contribution in [0.5, 0.6) is 11.8 Å². The van der Waals surface area contributed by atoms with Gasteiger partial charge in [-0.1, -0.05) is 6.08 Å². The Morgan fingerprint density at radius 2 is 2.06 bits per heavy atom. The minimum absolute atomic E-state index is 0.311. The van der Waals surface area contributed by atoms with Crippen LogP contribution in [0.25, 0.3) is 17.0 Å². The van der Waals surface area contributed by atoms with Gasteiger partial charge in [0.1, 0.15) is 5.60 Å². The standard InChI is InChI=1S/C23H30N6O4/c1-7-9-12-32-21-19-24-10-11-29(19)27-18(26-21)17-13-16(14-25-20(17)31-6)15-28(8-2)22(30)33-23(3,4)5/h7,10-11,13-14H,1,8-9,12,15H2,2-6H3. The number of imidazole rings is 1. The molecule has 0 saturated carbocycles. The van der Waals surface area contributed by atoms with Gasteiger partial charge in [0.25, 0.3) is 5.88 Å². The Kier molecular flexibility index (Phi) is 7.47. The zero-order chi connectivity index (χ0) is 24.0. The van der Waals surface area contributed by atoms with Gasteiger partial charge in [-0.25, -0.2) is 19.3 Å². The van der Waals surface area contributed by atoms with Crippen molar-refractivity contribution < 1.29 is 19.0 Å². The Hall–Kier alpha value is -3.69. The lowest BCUT2D eigenvalue weighted by atomic mass is 10.1. The van der Waals surface area contributed by atoms with Crippen molar-refractivity contribution in [2.24, 2.45) is 0 Å². The number of aromatic nitrogens is 5. The first kappa shape index (κ1) is 24.0. The molecule has 10 nitrogen and oxygen atoms in total. The van der Waals surface area contributed by atoms with Crippen molar-refractivity contribution in [1.82, 2.24) is 29.5 Å². The number of hydrogen-bond acceptors (Lipinski definition) is 8. The van der Waals surface area contributed by atoms with Crippen LogP contribution in [-0.4, -0.2) is 61.4 Å². The lowest BCUT2D eigenvalue weighted by Crippen LogP contribution is -2.36. The maximum Gasteiger partial charge on any atom is 0.410 e. The first-order valence-corrected chi connectivity index (χ1v) is 10.7. The highest BCUT2D eigenvalue weighted by atomic mass is 16.6. The Labute approximate surface area is 193 Å². The van der Waals surface area contributed by atoms with E-state index in [2.05, 4.69) is 26.6 Å². The molecule has 176 valence electrons. The molecule has 0 fully saturated rings. The van der Waals surface area contributed by atoms with E-state index >= 15 is 0 Å². The van der Waals surface area contributed by atoms with Crippen LogP contribution < -0.4 is 9.47 Å². The molecular formula is C23H30N6O4. The molecule has 3 heterocycles. The van der Waals surface area contributed by atoms with Crippen LogP contribution in [0, 0.1) is 0 Å². The SMILES string of the molecule is C=CCCOc1nc(-c2cc(CN(CC)C(=O)OC(C)(C)C)cnc2OC)nn2ccnc12. The number of fused-ring (bicyclic) bond motifs is 1. The Morgan fingerprint density at radius 3 is 2.73 bits per heavy atom. The lowest BCUT2D eigenvalue weighted by molar-refractivity contribution is 0.0244. The molecule has 3 aromatic heterocycles. The summed E-state index contributed by atoms with van der Waals surface area (Å²) in [5.74, 6) is 1.07. The van der Waals surface area contributed by atoms with Gasteiger partial charge in [0.15, 0.2) is 5.82 Å². The van der Waals surface area contributed by atoms with Crippen molar-refractivity contribution >= 4 is 11.7 Å². The number of pyridine rings is 1. The van der Waals surface area contributed by atoms with Crippen LogP contribution >= 0.6 is 0 Å². The third-order valence-corrected chi connectivity index (χ3v) is 4.53. The Bertz CT molecular complexity index is 1120. The molecule has 0 unspecified atom stereocenters. The quantitative estimate of drug-likeness (QED) is 0.354. The van der Waals surface area contributed by atoms with Gasteiger partial charge in [-0.05, 0) is 45.7 Å². The fraction of sp³-hybridized carbons (Fsp3) is 0.435. The molecule has 0 aliphatic heterocycles. The highest BCUT2D eigenvalue weighted by Gasteiger charge is 2.22. The normalized spacial score (nSPS) is 11.3. The van der Waals surface area contributed by atoms with E-state index in [9.17, 15) is 4.79 Å². The number of methoxy groups -OCH3 is 1. The molecule has 0 saturated heterocycles. The second kappa shape index (κ2) is 10.3. The van der Waals surface area contributed by atoms with Crippen molar-refractivity contribution in [1.29, 1.82) is 0 Å². The number of rotatable bonds is 9. The van der Waals surface area contributed by atoms with E-state index < -0.39 is 11.7 Å². The molecule has 1 amide bonds. The molecule has 3 rings (SSSR count). The van der Waals surface area contributed by atoms with Crippen molar-refractivity contribution in [3.8, 4) is 23.1 Å². The summed E-state index contributed by atoms with van der Waals surface area (Å²) in [6.07, 6.45) is 7.05. The fourth-order valence-corrected chi connectivity index (χ4v) is 3.01. The van der Waals surface area contributed by atoms with Crippen LogP contribution in [0.2, 0.25) is 0 Å². The zero-order valence-electron chi connectivity index (χ0n) is 19.7. The summed E-state index contributed by atoms with van der Waals surface area (Å²) in [6.45, 7) is 12.3. The van der Waals surface area contributed by atoms with Crippen molar-refractivity contribution in [2.75, 3.05) is 20.3 Å². The summed E-state index contributed by atoms with van der Waals surface area (Å²) < 4.78 is 18.4. The first-order valence-electron chi connectivity index (χ1n) is 10.7. The summed E-state index contributed by atoms with van der Waals surface area (Å²) in [6, 6.07) is 1.85. The molecular weight excluding hydrogens is 424 g/mol. The highest BCUT2D eigenvalue weighted by molar-refractivity contribution is 5.69. The summed E-state index contributed by atoms with van der Waals surface area (Å²) in [7, 11) is 1.53. The molecule has 0 bridgehead atoms. The maximum atomic E-state index is 12.6. The smallest absolute Gasteiger partial charge is 0.410 e. The predicted octanol–water partition coefficient (Wildman–Crippen LogP) is 3.91. The van der Waals surface area contributed by atoms with Gasteiger partial charge in [-0.15, -0.1) is 11.7 Å². The van der Waals surface area contributed by atoms with E-state index in [1.54, 1.807) is 34.1 Å². The maximum absolute atomic E-state index is 12.6. The molecule has 0 spiro atoms. The van der Waals surface area contributed by atoms with Crippen molar-refractivity contribution in [3.63, 3.8) is 0 Å². The third-order valence-electron chi connectivity index (χ3n) is 4.53. The number of ether oxygens (including phenoxy) is 3. The topological polar surface area (TPSA) is 104 Å². The molecule has 0 aromatic carbocycles. The minimum atomic E-state index is -0.579. The average Bonchev–Trinajstić information content (AvgIpc) is 3.25. The van der Waals surface area contributed by atoms with Gasteiger partial charge in [-0.2, -0.15) is 4.98 Å². The second-order valence-corrected chi connectivity index (χ2v) is 8.26. The first-order chi connectivity index (χ1) is 15.8. The Morgan fingerprint density at radius 1 is 1.27 bits per heavy atom. The number of carbonyl (C=O) groups is 1. The highest BCUT2D eigenvalue weighted by Crippen LogP contribution is 2.29. The van der Waals surface area contributed by atoms with E-state index in [1.807, 2.05) is 33.8 Å². The number of hydrogen-bond donors (Lipinski definition) is 0.